The number of sulfonamides is 1. The zero-order valence-corrected chi connectivity index (χ0v) is 14.0. The van der Waals surface area contributed by atoms with Gasteiger partial charge in [-0.25, -0.2) is 17.5 Å². The minimum atomic E-state index is -3.92. The molecule has 2 N–H and O–H groups in total. The van der Waals surface area contributed by atoms with Crippen molar-refractivity contribution in [3.8, 4) is 0 Å². The lowest BCUT2D eigenvalue weighted by Gasteiger charge is -2.15. The lowest BCUT2D eigenvalue weighted by molar-refractivity contribution is 0.357. The van der Waals surface area contributed by atoms with Gasteiger partial charge in [0.15, 0.2) is 0 Å². The summed E-state index contributed by atoms with van der Waals surface area (Å²) in [6.45, 7) is 3.73. The molecule has 0 unspecified atom stereocenters. The smallest absolute Gasteiger partial charge is 0.243 e. The third-order valence-corrected chi connectivity index (χ3v) is 4.74. The molecule has 5 nitrogen and oxygen atoms in total. The largest absolute Gasteiger partial charge is 0.316 e. The van der Waals surface area contributed by atoms with Crippen LogP contribution in [0.3, 0.4) is 0 Å². The van der Waals surface area contributed by atoms with Crippen LogP contribution in [0.5, 0.6) is 0 Å². The van der Waals surface area contributed by atoms with Crippen LogP contribution >= 0.6 is 11.6 Å². The van der Waals surface area contributed by atoms with Gasteiger partial charge < -0.3 is 10.2 Å². The Bertz CT molecular complexity index is 581. The number of benzene rings is 1. The molecule has 1 rings (SSSR count). The van der Waals surface area contributed by atoms with Crippen LogP contribution in [-0.4, -0.2) is 47.0 Å². The topological polar surface area (TPSA) is 61.4 Å². The van der Waals surface area contributed by atoms with E-state index in [0.717, 1.165) is 12.6 Å². The highest BCUT2D eigenvalue weighted by Gasteiger charge is 2.22. The second-order valence-electron chi connectivity index (χ2n) is 4.70. The minimum absolute atomic E-state index is 0.188. The lowest BCUT2D eigenvalue weighted by Crippen LogP contribution is -2.33. The van der Waals surface area contributed by atoms with E-state index in [1.54, 1.807) is 7.05 Å². The molecule has 0 saturated carbocycles. The van der Waals surface area contributed by atoms with Gasteiger partial charge in [-0.15, -0.1) is 0 Å². The van der Waals surface area contributed by atoms with Gasteiger partial charge in [0.25, 0.3) is 0 Å². The van der Waals surface area contributed by atoms with Gasteiger partial charge in [0.1, 0.15) is 10.7 Å². The van der Waals surface area contributed by atoms with E-state index in [1.165, 1.54) is 6.07 Å². The quantitative estimate of drug-likeness (QED) is 0.753. The van der Waals surface area contributed by atoms with E-state index in [2.05, 4.69) is 10.0 Å². The Kier molecular flexibility index (Phi) is 7.02. The average Bonchev–Trinajstić information content (AvgIpc) is 2.42. The monoisotopic (exact) mass is 337 g/mol. The summed E-state index contributed by atoms with van der Waals surface area (Å²) in [4.78, 5) is 1.53. The Labute approximate surface area is 130 Å². The number of rotatable bonds is 8. The molecule has 8 heteroatoms. The maximum absolute atomic E-state index is 14.3. The average molecular weight is 338 g/mol. The molecule has 0 bridgehead atoms. The summed E-state index contributed by atoms with van der Waals surface area (Å²) in [5.74, 6) is -0.773. The number of hydrogen-bond acceptors (Lipinski definition) is 4. The maximum Gasteiger partial charge on any atom is 0.243 e. The van der Waals surface area contributed by atoms with Crippen LogP contribution in [0.1, 0.15) is 12.5 Å². The van der Waals surface area contributed by atoms with Gasteiger partial charge in [-0.05, 0) is 32.8 Å². The molecule has 0 saturated heterocycles. The predicted molar refractivity (Wildman–Crippen MR) is 82.5 cm³/mol. The fraction of sp³-hybridized carbons (Fsp3) is 0.538. The van der Waals surface area contributed by atoms with Crippen LogP contribution in [0.15, 0.2) is 17.0 Å². The Morgan fingerprint density at radius 2 is 2.05 bits per heavy atom. The number of hydrogen-bond donors (Lipinski definition) is 2. The summed E-state index contributed by atoms with van der Waals surface area (Å²) in [6.07, 6.45) is 0. The van der Waals surface area contributed by atoms with Crippen LogP contribution in [0.2, 0.25) is 5.02 Å². The zero-order chi connectivity index (χ0) is 16.0. The highest BCUT2D eigenvalue weighted by Crippen LogP contribution is 2.23. The first-order chi connectivity index (χ1) is 9.81. The second-order valence-corrected chi connectivity index (χ2v) is 6.87. The summed E-state index contributed by atoms with van der Waals surface area (Å²) in [5, 5.41) is 2.96. The molecular formula is C13H21ClFN3O2S. The first-order valence-corrected chi connectivity index (χ1v) is 8.48. The van der Waals surface area contributed by atoms with Gasteiger partial charge in [0.2, 0.25) is 10.0 Å². The lowest BCUT2D eigenvalue weighted by atomic mass is 10.2. The van der Waals surface area contributed by atoms with E-state index in [-0.39, 0.29) is 23.7 Å². The van der Waals surface area contributed by atoms with Crippen LogP contribution in [0.25, 0.3) is 0 Å². The summed E-state index contributed by atoms with van der Waals surface area (Å²) >= 11 is 5.88. The third-order valence-electron chi connectivity index (χ3n) is 3.06. The molecule has 0 spiro atoms. The standard InChI is InChI=1S/C13H21ClFN3O2S/c1-4-18(3)6-5-17-21(19,20)12-8-11(14)7-10(9-16-2)13(12)15/h7-8,16-17H,4-6,9H2,1-3H3. The van der Waals surface area contributed by atoms with Crippen molar-refractivity contribution in [1.82, 2.24) is 14.9 Å². The fourth-order valence-electron chi connectivity index (χ4n) is 1.74. The Morgan fingerprint density at radius 1 is 1.38 bits per heavy atom. The molecule has 1 aromatic rings. The molecule has 0 aliphatic heterocycles. The Hall–Kier alpha value is -0.730. The summed E-state index contributed by atoms with van der Waals surface area (Å²) < 4.78 is 41.0. The van der Waals surface area contributed by atoms with Gasteiger partial charge in [-0.3, -0.25) is 0 Å². The zero-order valence-electron chi connectivity index (χ0n) is 12.4. The normalized spacial score (nSPS) is 12.1. The van der Waals surface area contributed by atoms with Gasteiger partial charge in [0, 0.05) is 30.2 Å². The van der Waals surface area contributed by atoms with Crippen LogP contribution < -0.4 is 10.0 Å². The molecule has 1 aromatic carbocycles. The molecule has 0 aromatic heterocycles. The molecule has 0 amide bonds. The van der Waals surface area contributed by atoms with E-state index in [9.17, 15) is 12.8 Å². The third kappa shape index (κ3) is 5.19. The maximum atomic E-state index is 14.3. The van der Waals surface area contributed by atoms with Crippen molar-refractivity contribution in [3.05, 3.63) is 28.5 Å². The molecular weight excluding hydrogens is 317 g/mol. The van der Waals surface area contributed by atoms with E-state index in [4.69, 9.17) is 11.6 Å². The van der Waals surface area contributed by atoms with E-state index < -0.39 is 20.7 Å². The number of halogens is 2. The van der Waals surface area contributed by atoms with Crippen LogP contribution in [0.4, 0.5) is 4.39 Å². The molecule has 0 aliphatic carbocycles. The highest BCUT2D eigenvalue weighted by atomic mass is 35.5. The predicted octanol–water partition coefficient (Wildman–Crippen LogP) is 1.43. The highest BCUT2D eigenvalue weighted by molar-refractivity contribution is 7.89. The molecule has 0 atom stereocenters. The summed E-state index contributed by atoms with van der Waals surface area (Å²) in [5.41, 5.74) is 0.219. The molecule has 0 heterocycles. The van der Waals surface area contributed by atoms with Crippen molar-refractivity contribution >= 4 is 21.6 Å². The van der Waals surface area contributed by atoms with E-state index in [1.807, 2.05) is 18.9 Å². The number of nitrogens with zero attached hydrogens (tertiary/aromatic N) is 1. The SMILES string of the molecule is CCN(C)CCNS(=O)(=O)c1cc(Cl)cc(CNC)c1F. The van der Waals surface area contributed by atoms with Crippen LogP contribution in [-0.2, 0) is 16.6 Å². The first-order valence-electron chi connectivity index (χ1n) is 6.62. The molecule has 0 fully saturated rings. The molecule has 120 valence electrons. The van der Waals surface area contributed by atoms with Gasteiger partial charge in [-0.1, -0.05) is 18.5 Å². The minimum Gasteiger partial charge on any atom is -0.316 e. The summed E-state index contributed by atoms with van der Waals surface area (Å²) in [6, 6.07) is 2.54. The molecule has 21 heavy (non-hydrogen) atoms. The van der Waals surface area contributed by atoms with Gasteiger partial charge in [0.05, 0.1) is 0 Å². The van der Waals surface area contributed by atoms with Crippen molar-refractivity contribution in [2.75, 3.05) is 33.7 Å². The Balaban J connectivity index is 2.97. The fourth-order valence-corrected chi connectivity index (χ4v) is 3.21. The van der Waals surface area contributed by atoms with E-state index in [0.29, 0.717) is 6.54 Å². The van der Waals surface area contributed by atoms with Gasteiger partial charge >= 0.3 is 0 Å². The van der Waals surface area contributed by atoms with Crippen molar-refractivity contribution in [1.29, 1.82) is 0 Å². The van der Waals surface area contributed by atoms with Crippen molar-refractivity contribution in [2.45, 2.75) is 18.4 Å². The second kappa shape index (κ2) is 8.05. The van der Waals surface area contributed by atoms with Crippen LogP contribution in [0, 0.1) is 5.82 Å². The summed E-state index contributed by atoms with van der Waals surface area (Å²) in [7, 11) is -0.402. The number of likely N-dealkylation sites (N-methyl/N-ethyl adjacent to an activating group) is 1. The number of nitrogens with one attached hydrogen (secondary N) is 2. The van der Waals surface area contributed by atoms with Crippen molar-refractivity contribution in [3.63, 3.8) is 0 Å². The first kappa shape index (κ1) is 18.3. The van der Waals surface area contributed by atoms with E-state index >= 15 is 0 Å². The van der Waals surface area contributed by atoms with Crippen molar-refractivity contribution < 1.29 is 12.8 Å². The molecule has 0 aliphatic rings. The van der Waals surface area contributed by atoms with Gasteiger partial charge in [-0.2, -0.15) is 0 Å². The Morgan fingerprint density at radius 3 is 2.62 bits per heavy atom. The van der Waals surface area contributed by atoms with Crippen molar-refractivity contribution in [2.24, 2.45) is 0 Å². The molecule has 0 radical (unpaired) electrons.